The lowest BCUT2D eigenvalue weighted by Crippen LogP contribution is -2.33. The van der Waals surface area contributed by atoms with E-state index >= 15 is 0 Å². The lowest BCUT2D eigenvalue weighted by Gasteiger charge is -2.24. The number of carbonyl (C=O) groups is 2. The number of imide groups is 1. The normalized spacial score (nSPS) is 19.1. The van der Waals surface area contributed by atoms with E-state index in [-0.39, 0.29) is 29.7 Å². The van der Waals surface area contributed by atoms with Crippen molar-refractivity contribution in [2.45, 2.75) is 80.3 Å². The van der Waals surface area contributed by atoms with E-state index in [4.69, 9.17) is 0 Å². The largest absolute Gasteiger partial charge is 0.276 e. The maximum atomic E-state index is 12.5. The minimum atomic E-state index is -0.243. The van der Waals surface area contributed by atoms with Crippen LogP contribution in [0.1, 0.15) is 72.9 Å². The Bertz CT molecular complexity index is 622. The number of hydrogen-bond acceptors (Lipinski definition) is 4. The van der Waals surface area contributed by atoms with Gasteiger partial charge < -0.3 is 0 Å². The zero-order valence-corrected chi connectivity index (χ0v) is 16.5. The summed E-state index contributed by atoms with van der Waals surface area (Å²) in [5.74, 6) is -0.436. The molecule has 1 unspecified atom stereocenters. The van der Waals surface area contributed by atoms with Crippen LogP contribution in [0.4, 0.5) is 0 Å². The monoisotopic (exact) mass is 348 g/mol. The van der Waals surface area contributed by atoms with Crippen LogP contribution in [0.2, 0.25) is 0 Å². The van der Waals surface area contributed by atoms with Crippen molar-refractivity contribution in [3.63, 3.8) is 0 Å². The maximum absolute atomic E-state index is 12.5. The molecule has 0 N–H and O–H groups in total. The molecule has 1 aliphatic heterocycles. The number of aryl methyl sites for hydroxylation is 1. The third kappa shape index (κ3) is 5.38. The minimum Gasteiger partial charge on any atom is -0.276 e. The fourth-order valence-corrected chi connectivity index (χ4v) is 3.14. The van der Waals surface area contributed by atoms with Crippen LogP contribution in [0, 0.1) is 16.7 Å². The van der Waals surface area contributed by atoms with Crippen LogP contribution in [0.3, 0.4) is 0 Å². The van der Waals surface area contributed by atoms with Crippen LogP contribution >= 0.6 is 0 Å². The average Bonchev–Trinajstić information content (AvgIpc) is 3.02. The molecule has 2 rings (SSSR count). The Kier molecular flexibility index (Phi) is 5.69. The van der Waals surface area contributed by atoms with Gasteiger partial charge in [-0.25, -0.2) is 0 Å². The first-order chi connectivity index (χ1) is 11.5. The number of aromatic nitrogens is 3. The molecule has 2 heterocycles. The molecule has 1 aliphatic rings. The smallest absolute Gasteiger partial charge is 0.233 e. The SMILES string of the molecule is CC(C)(C)CCCCn1cc(CN2C(=O)CC(C(C)(C)C)C2=O)nn1. The third-order valence-electron chi connectivity index (χ3n) is 4.76. The van der Waals surface area contributed by atoms with Crippen LogP contribution in [0.25, 0.3) is 0 Å². The highest BCUT2D eigenvalue weighted by Gasteiger charge is 2.44. The lowest BCUT2D eigenvalue weighted by molar-refractivity contribution is -0.141. The molecule has 1 aromatic heterocycles. The average molecular weight is 348 g/mol. The van der Waals surface area contributed by atoms with Crippen LogP contribution in [-0.2, 0) is 22.7 Å². The number of nitrogens with zero attached hydrogens (tertiary/aromatic N) is 4. The summed E-state index contributed by atoms with van der Waals surface area (Å²) in [6.07, 6.45) is 5.52. The molecular weight excluding hydrogens is 316 g/mol. The molecule has 0 bridgehead atoms. The van der Waals surface area contributed by atoms with E-state index < -0.39 is 0 Å². The molecule has 6 heteroatoms. The Balaban J connectivity index is 1.89. The lowest BCUT2D eigenvalue weighted by atomic mass is 9.80. The molecule has 0 radical (unpaired) electrons. The van der Waals surface area contributed by atoms with Crippen molar-refractivity contribution in [1.82, 2.24) is 19.9 Å². The number of rotatable bonds is 6. The molecule has 1 aromatic rings. The topological polar surface area (TPSA) is 68.1 Å². The molecule has 2 amide bonds. The summed E-state index contributed by atoms with van der Waals surface area (Å²) in [6, 6.07) is 0. The standard InChI is InChI=1S/C19H32N4O2/c1-18(2,3)9-7-8-10-22-12-14(20-21-22)13-23-16(24)11-15(17(23)25)19(4,5)6/h12,15H,7-11,13H2,1-6H3. The van der Waals surface area contributed by atoms with Gasteiger partial charge in [-0.2, -0.15) is 0 Å². The quantitative estimate of drug-likeness (QED) is 0.583. The maximum Gasteiger partial charge on any atom is 0.233 e. The highest BCUT2D eigenvalue weighted by Crippen LogP contribution is 2.35. The molecule has 0 aliphatic carbocycles. The summed E-state index contributed by atoms with van der Waals surface area (Å²) in [4.78, 5) is 26.1. The Morgan fingerprint density at radius 3 is 2.36 bits per heavy atom. The summed E-state index contributed by atoms with van der Waals surface area (Å²) in [6.45, 7) is 13.8. The van der Waals surface area contributed by atoms with E-state index in [0.29, 0.717) is 17.5 Å². The predicted octanol–water partition coefficient (Wildman–Crippen LogP) is 3.42. The fourth-order valence-electron chi connectivity index (χ4n) is 3.14. The summed E-state index contributed by atoms with van der Waals surface area (Å²) < 4.78 is 1.81. The highest BCUT2D eigenvalue weighted by molar-refractivity contribution is 6.03. The van der Waals surface area contributed by atoms with Crippen molar-refractivity contribution in [2.75, 3.05) is 0 Å². The van der Waals surface area contributed by atoms with Gasteiger partial charge in [-0.05, 0) is 23.7 Å². The first-order valence-electron chi connectivity index (χ1n) is 9.20. The minimum absolute atomic E-state index is 0.0859. The summed E-state index contributed by atoms with van der Waals surface area (Å²) in [5.41, 5.74) is 0.826. The molecule has 0 saturated carbocycles. The van der Waals surface area contributed by atoms with Crippen LogP contribution in [0.5, 0.6) is 0 Å². The van der Waals surface area contributed by atoms with Gasteiger partial charge in [-0.3, -0.25) is 19.2 Å². The Morgan fingerprint density at radius 1 is 1.12 bits per heavy atom. The first-order valence-corrected chi connectivity index (χ1v) is 9.20. The number of unbranched alkanes of at least 4 members (excludes halogenated alkanes) is 1. The predicted molar refractivity (Wildman–Crippen MR) is 96.4 cm³/mol. The zero-order chi connectivity index (χ0) is 18.8. The molecular formula is C19H32N4O2. The summed E-state index contributed by atoms with van der Waals surface area (Å²) >= 11 is 0. The van der Waals surface area contributed by atoms with E-state index in [0.717, 1.165) is 19.4 Å². The molecule has 25 heavy (non-hydrogen) atoms. The second kappa shape index (κ2) is 7.26. The fraction of sp³-hybridized carbons (Fsp3) is 0.789. The van der Waals surface area contributed by atoms with Crippen LogP contribution in [-0.4, -0.2) is 31.7 Å². The molecule has 1 atom stereocenters. The van der Waals surface area contributed by atoms with Crippen molar-refractivity contribution in [2.24, 2.45) is 16.7 Å². The van der Waals surface area contributed by atoms with Gasteiger partial charge in [0.15, 0.2) is 0 Å². The van der Waals surface area contributed by atoms with Gasteiger partial charge in [-0.15, -0.1) is 5.10 Å². The van der Waals surface area contributed by atoms with Gasteiger partial charge in [0.2, 0.25) is 11.8 Å². The van der Waals surface area contributed by atoms with Gasteiger partial charge in [0.25, 0.3) is 0 Å². The van der Waals surface area contributed by atoms with Crippen molar-refractivity contribution in [3.8, 4) is 0 Å². The van der Waals surface area contributed by atoms with Crippen molar-refractivity contribution < 1.29 is 9.59 Å². The van der Waals surface area contributed by atoms with Crippen LogP contribution < -0.4 is 0 Å². The highest BCUT2D eigenvalue weighted by atomic mass is 16.2. The summed E-state index contributed by atoms with van der Waals surface area (Å²) in [5, 5.41) is 8.26. The van der Waals surface area contributed by atoms with E-state index in [2.05, 4.69) is 31.1 Å². The van der Waals surface area contributed by atoms with E-state index in [1.165, 1.54) is 11.3 Å². The number of hydrogen-bond donors (Lipinski definition) is 0. The van der Waals surface area contributed by atoms with E-state index in [1.54, 1.807) is 0 Å². The number of amides is 2. The van der Waals surface area contributed by atoms with Crippen LogP contribution in [0.15, 0.2) is 6.20 Å². The van der Waals surface area contributed by atoms with Crippen molar-refractivity contribution in [1.29, 1.82) is 0 Å². The van der Waals surface area contributed by atoms with Gasteiger partial charge in [0, 0.05) is 13.0 Å². The van der Waals surface area contributed by atoms with Crippen molar-refractivity contribution >= 4 is 11.8 Å². The van der Waals surface area contributed by atoms with E-state index in [1.807, 2.05) is 31.6 Å². The Labute approximate surface area is 151 Å². The second-order valence-corrected chi connectivity index (χ2v) is 9.43. The van der Waals surface area contributed by atoms with E-state index in [9.17, 15) is 9.59 Å². The first kappa shape index (κ1) is 19.6. The third-order valence-corrected chi connectivity index (χ3v) is 4.76. The molecule has 0 aromatic carbocycles. The Morgan fingerprint density at radius 2 is 1.80 bits per heavy atom. The van der Waals surface area contributed by atoms with Gasteiger partial charge in [-0.1, -0.05) is 53.2 Å². The molecule has 6 nitrogen and oxygen atoms in total. The van der Waals surface area contributed by atoms with Crippen molar-refractivity contribution in [3.05, 3.63) is 11.9 Å². The zero-order valence-electron chi connectivity index (χ0n) is 16.5. The summed E-state index contributed by atoms with van der Waals surface area (Å²) in [7, 11) is 0. The van der Waals surface area contributed by atoms with Gasteiger partial charge >= 0.3 is 0 Å². The second-order valence-electron chi connectivity index (χ2n) is 9.43. The molecule has 1 fully saturated rings. The number of carbonyl (C=O) groups excluding carboxylic acids is 2. The van der Waals surface area contributed by atoms with Gasteiger partial charge in [0.1, 0.15) is 5.69 Å². The number of likely N-dealkylation sites (tertiary alicyclic amines) is 1. The molecule has 0 spiro atoms. The Hall–Kier alpha value is -1.72. The van der Waals surface area contributed by atoms with Gasteiger partial charge in [0.05, 0.1) is 18.7 Å². The molecule has 140 valence electrons. The molecule has 1 saturated heterocycles.